The maximum Gasteiger partial charge on any atom is 0.412 e. The van der Waals surface area contributed by atoms with Crippen LogP contribution in [0.15, 0.2) is 59.9 Å². The molecule has 1 aliphatic carbocycles. The number of aromatic nitrogens is 2. The number of rotatable bonds is 9. The Balaban J connectivity index is 1.34. The van der Waals surface area contributed by atoms with Crippen LogP contribution in [0.1, 0.15) is 30.4 Å². The van der Waals surface area contributed by atoms with Crippen molar-refractivity contribution in [2.24, 2.45) is 4.99 Å². The number of nitrogens with one attached hydrogen (secondary N) is 1. The fraction of sp³-hybridized carbons (Fsp3) is 0.290. The Labute approximate surface area is 247 Å². The molecule has 0 spiro atoms. The highest BCUT2D eigenvalue weighted by atomic mass is 32.1. The predicted octanol–water partition coefficient (Wildman–Crippen LogP) is 7.53. The lowest BCUT2D eigenvalue weighted by atomic mass is 10.0. The van der Waals surface area contributed by atoms with E-state index in [2.05, 4.69) is 21.9 Å². The van der Waals surface area contributed by atoms with Crippen LogP contribution in [0.2, 0.25) is 0 Å². The lowest BCUT2D eigenvalue weighted by Gasteiger charge is -2.22. The van der Waals surface area contributed by atoms with Gasteiger partial charge in [0.15, 0.2) is 11.6 Å². The van der Waals surface area contributed by atoms with E-state index in [1.807, 2.05) is 26.0 Å². The Hall–Kier alpha value is -4.51. The van der Waals surface area contributed by atoms with Crippen molar-refractivity contribution in [3.63, 3.8) is 0 Å². The molecular weight excluding hydrogens is 559 g/mol. The van der Waals surface area contributed by atoms with Gasteiger partial charge in [0.1, 0.15) is 23.0 Å². The number of hydrogen-bond acceptors (Lipinski definition) is 9. The second kappa shape index (κ2) is 12.6. The van der Waals surface area contributed by atoms with Crippen molar-refractivity contribution in [1.29, 1.82) is 0 Å². The number of allylic oxidation sites excluding steroid dienone is 1. The van der Waals surface area contributed by atoms with Crippen LogP contribution in [-0.2, 0) is 9.47 Å². The number of halogens is 1. The molecule has 0 aliphatic heterocycles. The number of amides is 1. The van der Waals surface area contributed by atoms with E-state index >= 15 is 4.39 Å². The average Bonchev–Trinajstić information content (AvgIpc) is 3.58. The Morgan fingerprint density at radius 3 is 2.71 bits per heavy atom. The summed E-state index contributed by atoms with van der Waals surface area (Å²) in [6, 6.07) is 10.4. The fourth-order valence-corrected chi connectivity index (χ4v) is 5.80. The number of fused-ring (bicyclic) bond motifs is 1. The molecule has 218 valence electrons. The minimum absolute atomic E-state index is 0.0908. The highest BCUT2D eigenvalue weighted by molar-refractivity contribution is 7.21. The van der Waals surface area contributed by atoms with Gasteiger partial charge >= 0.3 is 6.09 Å². The second-order valence-electron chi connectivity index (χ2n) is 9.92. The van der Waals surface area contributed by atoms with E-state index in [0.29, 0.717) is 40.7 Å². The molecule has 0 radical (unpaired) electrons. The zero-order valence-electron chi connectivity index (χ0n) is 23.8. The Bertz CT molecular complexity index is 1650. The number of aryl methyl sites for hydroxylation is 2. The van der Waals surface area contributed by atoms with Crippen molar-refractivity contribution >= 4 is 45.2 Å². The molecule has 1 N–H and O–H groups in total. The molecular formula is C31H31FN4O5S. The molecule has 1 fully saturated rings. The molecule has 11 heteroatoms. The van der Waals surface area contributed by atoms with Crippen molar-refractivity contribution in [3.8, 4) is 22.2 Å². The van der Waals surface area contributed by atoms with Gasteiger partial charge in [-0.25, -0.2) is 19.2 Å². The van der Waals surface area contributed by atoms with Gasteiger partial charge in [0.2, 0.25) is 5.88 Å². The molecule has 2 heterocycles. The molecule has 5 rings (SSSR count). The number of ether oxygens (including phenoxy) is 4. The van der Waals surface area contributed by atoms with Crippen LogP contribution in [-0.4, -0.2) is 48.7 Å². The normalized spacial score (nSPS) is 16.5. The fourth-order valence-electron chi connectivity index (χ4n) is 4.80. The number of aliphatic imine (C=N–C) groups is 1. The first-order chi connectivity index (χ1) is 20.2. The molecule has 1 aliphatic rings. The quantitative estimate of drug-likeness (QED) is 0.159. The number of carbonyl (C=O) groups excluding carboxylic acids is 1. The molecule has 2 aromatic heterocycles. The molecule has 0 saturated heterocycles. The van der Waals surface area contributed by atoms with Crippen molar-refractivity contribution in [2.45, 2.75) is 45.3 Å². The predicted molar refractivity (Wildman–Crippen MR) is 162 cm³/mol. The van der Waals surface area contributed by atoms with Crippen LogP contribution in [0.4, 0.5) is 20.6 Å². The van der Waals surface area contributed by atoms with E-state index in [0.717, 1.165) is 33.5 Å². The summed E-state index contributed by atoms with van der Waals surface area (Å²) in [6.07, 6.45) is 3.41. The Morgan fingerprint density at radius 2 is 1.98 bits per heavy atom. The van der Waals surface area contributed by atoms with Gasteiger partial charge in [-0.3, -0.25) is 10.3 Å². The number of nitrogens with zero attached hydrogens (tertiary/aromatic N) is 3. The highest BCUT2D eigenvalue weighted by Crippen LogP contribution is 2.40. The van der Waals surface area contributed by atoms with Crippen LogP contribution < -0.4 is 14.8 Å². The molecule has 1 saturated carbocycles. The molecule has 42 heavy (non-hydrogen) atoms. The van der Waals surface area contributed by atoms with E-state index in [9.17, 15) is 4.79 Å². The van der Waals surface area contributed by atoms with Crippen molar-refractivity contribution < 1.29 is 28.1 Å². The lowest BCUT2D eigenvalue weighted by molar-refractivity contribution is 0.0401. The maximum atomic E-state index is 15.2. The largest absolute Gasteiger partial charge is 0.496 e. The van der Waals surface area contributed by atoms with Gasteiger partial charge in [-0.15, -0.1) is 11.3 Å². The first-order valence-corrected chi connectivity index (χ1v) is 14.2. The molecule has 2 aromatic carbocycles. The monoisotopic (exact) mass is 590 g/mol. The number of benzene rings is 2. The highest BCUT2D eigenvalue weighted by Gasteiger charge is 2.33. The number of carbonyl (C=O) groups is 1. The van der Waals surface area contributed by atoms with E-state index in [1.165, 1.54) is 37.8 Å². The van der Waals surface area contributed by atoms with Crippen LogP contribution in [0.3, 0.4) is 0 Å². The Kier molecular flexibility index (Phi) is 8.67. The maximum absolute atomic E-state index is 15.2. The summed E-state index contributed by atoms with van der Waals surface area (Å²) in [5, 5.41) is 3.36. The molecule has 9 nitrogen and oxygen atoms in total. The third kappa shape index (κ3) is 6.52. The molecule has 0 unspecified atom stereocenters. The Morgan fingerprint density at radius 1 is 1.17 bits per heavy atom. The summed E-state index contributed by atoms with van der Waals surface area (Å²) >= 11 is 1.42. The SMILES string of the molecule is C=C(C=Nc1c(C)cc(C)cc1-c1nc2cc(F)c(O[C@H]3CCC[C@H]3OC(=O)Nc3ccc(OC)nc3)cc2s1)OC. The summed E-state index contributed by atoms with van der Waals surface area (Å²) in [5.41, 5.74) is 4.58. The average molecular weight is 591 g/mol. The van der Waals surface area contributed by atoms with Crippen molar-refractivity contribution in [2.75, 3.05) is 19.5 Å². The summed E-state index contributed by atoms with van der Waals surface area (Å²) in [4.78, 5) is 25.9. The van der Waals surface area contributed by atoms with Gasteiger partial charge in [-0.05, 0) is 50.8 Å². The van der Waals surface area contributed by atoms with E-state index in [4.69, 9.17) is 23.9 Å². The van der Waals surface area contributed by atoms with Crippen LogP contribution in [0, 0.1) is 19.7 Å². The van der Waals surface area contributed by atoms with Crippen LogP contribution in [0.5, 0.6) is 11.6 Å². The van der Waals surface area contributed by atoms with Gasteiger partial charge in [0, 0.05) is 23.8 Å². The van der Waals surface area contributed by atoms with E-state index in [-0.39, 0.29) is 5.75 Å². The number of anilines is 1. The summed E-state index contributed by atoms with van der Waals surface area (Å²) in [6.45, 7) is 7.78. The topological polar surface area (TPSA) is 104 Å². The molecule has 1 amide bonds. The molecule has 0 bridgehead atoms. The van der Waals surface area contributed by atoms with E-state index in [1.54, 1.807) is 24.4 Å². The first-order valence-electron chi connectivity index (χ1n) is 13.4. The smallest absolute Gasteiger partial charge is 0.412 e. The van der Waals surface area contributed by atoms with E-state index < -0.39 is 24.1 Å². The van der Waals surface area contributed by atoms with Gasteiger partial charge in [-0.2, -0.15) is 0 Å². The summed E-state index contributed by atoms with van der Waals surface area (Å²) in [7, 11) is 3.05. The minimum atomic E-state index is -0.633. The van der Waals surface area contributed by atoms with Gasteiger partial charge in [0.05, 0.1) is 48.2 Å². The van der Waals surface area contributed by atoms with Crippen LogP contribution >= 0.6 is 11.3 Å². The summed E-state index contributed by atoms with van der Waals surface area (Å²) in [5.74, 6) is 0.418. The first kappa shape index (κ1) is 29.0. The van der Waals surface area contributed by atoms with Crippen molar-refractivity contribution in [3.05, 3.63) is 71.9 Å². The summed E-state index contributed by atoms with van der Waals surface area (Å²) < 4.78 is 37.9. The third-order valence-corrected chi connectivity index (χ3v) is 7.89. The number of methoxy groups -OCH3 is 2. The van der Waals surface area contributed by atoms with Gasteiger partial charge < -0.3 is 18.9 Å². The van der Waals surface area contributed by atoms with Crippen LogP contribution in [0.25, 0.3) is 20.8 Å². The third-order valence-electron chi connectivity index (χ3n) is 6.84. The number of pyridine rings is 1. The van der Waals surface area contributed by atoms with Gasteiger partial charge in [0.25, 0.3) is 0 Å². The minimum Gasteiger partial charge on any atom is -0.496 e. The van der Waals surface area contributed by atoms with Crippen molar-refractivity contribution in [1.82, 2.24) is 9.97 Å². The second-order valence-corrected chi connectivity index (χ2v) is 11.0. The molecule has 4 aromatic rings. The zero-order valence-corrected chi connectivity index (χ0v) is 24.6. The number of hydrogen-bond donors (Lipinski definition) is 1. The lowest BCUT2D eigenvalue weighted by Crippen LogP contribution is -2.32. The molecule has 2 atom stereocenters. The zero-order chi connectivity index (χ0) is 29.8. The number of thiazole rings is 1. The van der Waals surface area contributed by atoms with Gasteiger partial charge in [-0.1, -0.05) is 18.2 Å². The standard InChI is InChI=1S/C31H31FN4O5S/c1-17-11-18(2)29(34-15-19(3)38-4)21(12-17)30-36-23-13-22(32)26(14-27(23)42-30)40-24-7-6-8-25(24)41-31(37)35-20-9-10-28(39-5)33-16-20/h9-16,24-25H,3,6-8H2,1-2,4-5H3,(H,35,37)/t24-,25+/m0/s1.